The summed E-state index contributed by atoms with van der Waals surface area (Å²) in [5.41, 5.74) is 2.39. The van der Waals surface area contributed by atoms with Gasteiger partial charge in [0.25, 0.3) is 5.56 Å². The molecule has 3 unspecified atom stereocenters. The predicted octanol–water partition coefficient (Wildman–Crippen LogP) is -2.14. The summed E-state index contributed by atoms with van der Waals surface area (Å²) >= 11 is 0. The number of rotatable bonds is 8. The number of phosphoric ester groups is 1. The fourth-order valence-corrected chi connectivity index (χ4v) is 5.70. The average molecular weight is 521 g/mol. The summed E-state index contributed by atoms with van der Waals surface area (Å²) in [6.45, 7) is 0.317. The van der Waals surface area contributed by atoms with E-state index in [1.165, 1.54) is 6.92 Å². The number of H-pyrrole nitrogens is 1. The lowest BCUT2D eigenvalue weighted by Crippen LogP contribution is -2.55. The van der Waals surface area contributed by atoms with E-state index < -0.39 is 65.3 Å². The van der Waals surface area contributed by atoms with Crippen LogP contribution >= 0.6 is 23.5 Å². The molecule has 0 bridgehead atoms. The number of phosphoric acid groups is 3. The molecule has 1 aliphatic rings. The Balaban J connectivity index is 2.24. The molecule has 0 radical (unpaired) electrons. The Hall–Kier alpha value is -1.47. The maximum atomic E-state index is 12.1. The van der Waals surface area contributed by atoms with Crippen LogP contribution in [0.1, 0.15) is 13.2 Å². The Morgan fingerprint density at radius 3 is 2.38 bits per heavy atom. The number of nitrogens with zero attached hydrogens (tertiary/aromatic N) is 1. The van der Waals surface area contributed by atoms with Gasteiger partial charge in [-0.3, -0.25) is 18.9 Å². The summed E-state index contributed by atoms with van der Waals surface area (Å²) in [6, 6.07) is 0.955. The average Bonchev–Trinajstić information content (AvgIpc) is 2.82. The number of ether oxygens (including phenoxy) is 1. The molecule has 1 saturated heterocycles. The van der Waals surface area contributed by atoms with Crippen molar-refractivity contribution in [2.24, 2.45) is 5.73 Å². The molecular weight excluding hydrogens is 503 g/mol. The van der Waals surface area contributed by atoms with E-state index in [9.17, 15) is 33.3 Å². The standard InChI is InChI=1S/C12H18N3O14P3/c1-2-4-12(13)9(17)7(27-10(12)15-5-3-8(16)14-11(15)18)6-26-31(22,23)29-32(24,25)28-30(19,20)21/h3,5,7,9-10,17H,6,13H2,1H3,(H,22,23)(H,24,25)(H,14,16,18)(H2,19,20,21)/t7-,9+,10-,12?/m1/s1. The fourth-order valence-electron chi connectivity index (χ4n) is 2.67. The Morgan fingerprint density at radius 2 is 1.84 bits per heavy atom. The molecule has 6 atom stereocenters. The molecule has 1 aliphatic heterocycles. The third-order valence-corrected chi connectivity index (χ3v) is 7.62. The van der Waals surface area contributed by atoms with Gasteiger partial charge in [-0.2, -0.15) is 8.62 Å². The molecule has 0 aliphatic carbocycles. The lowest BCUT2D eigenvalue weighted by atomic mass is 9.91. The van der Waals surface area contributed by atoms with Crippen LogP contribution in [0.3, 0.4) is 0 Å². The van der Waals surface area contributed by atoms with Gasteiger partial charge in [0.1, 0.15) is 12.2 Å². The van der Waals surface area contributed by atoms with Gasteiger partial charge in [0.2, 0.25) is 0 Å². The van der Waals surface area contributed by atoms with Crippen LogP contribution in [-0.4, -0.2) is 58.6 Å². The summed E-state index contributed by atoms with van der Waals surface area (Å²) in [7, 11) is -16.8. The van der Waals surface area contributed by atoms with Gasteiger partial charge in [0.05, 0.1) is 6.61 Å². The maximum absolute atomic E-state index is 12.1. The van der Waals surface area contributed by atoms with Crippen molar-refractivity contribution in [1.29, 1.82) is 0 Å². The van der Waals surface area contributed by atoms with Crippen LogP contribution < -0.4 is 17.0 Å². The van der Waals surface area contributed by atoms with Gasteiger partial charge >= 0.3 is 29.2 Å². The molecule has 1 aromatic rings. The van der Waals surface area contributed by atoms with Crippen LogP contribution in [0.5, 0.6) is 0 Å². The molecule has 20 heteroatoms. The molecule has 2 rings (SSSR count). The highest BCUT2D eigenvalue weighted by Crippen LogP contribution is 2.66. The first-order valence-corrected chi connectivity index (χ1v) is 12.7. The topological polar surface area (TPSA) is 270 Å². The highest BCUT2D eigenvalue weighted by atomic mass is 31.3. The van der Waals surface area contributed by atoms with Crippen LogP contribution in [0.15, 0.2) is 21.9 Å². The first kappa shape index (κ1) is 26.8. The lowest BCUT2D eigenvalue weighted by Gasteiger charge is -2.27. The van der Waals surface area contributed by atoms with Crippen molar-refractivity contribution in [3.05, 3.63) is 33.1 Å². The van der Waals surface area contributed by atoms with Gasteiger partial charge in [0.15, 0.2) is 11.8 Å². The largest absolute Gasteiger partial charge is 0.490 e. The van der Waals surface area contributed by atoms with Crippen molar-refractivity contribution in [2.45, 2.75) is 30.9 Å². The van der Waals surface area contributed by atoms with Crippen LogP contribution in [0.4, 0.5) is 0 Å². The number of nitrogens with one attached hydrogen (secondary N) is 1. The SMILES string of the molecule is CC#CC1(N)[C@@H](O)[C@@H](COP(=O)(O)OP(=O)(O)OP(=O)(O)O)O[C@H]1n1ccc(=O)[nH]c1=O. The zero-order valence-electron chi connectivity index (χ0n) is 15.9. The first-order chi connectivity index (χ1) is 14.5. The predicted molar refractivity (Wildman–Crippen MR) is 101 cm³/mol. The number of aliphatic hydroxyl groups is 1. The van der Waals surface area contributed by atoms with Crippen LogP contribution in [-0.2, 0) is 31.6 Å². The van der Waals surface area contributed by atoms with Gasteiger partial charge in [-0.1, -0.05) is 5.92 Å². The van der Waals surface area contributed by atoms with Crippen molar-refractivity contribution in [3.63, 3.8) is 0 Å². The maximum Gasteiger partial charge on any atom is 0.490 e. The zero-order chi connectivity index (χ0) is 24.5. The molecule has 1 aromatic heterocycles. The molecule has 32 heavy (non-hydrogen) atoms. The molecule has 1 fully saturated rings. The number of aromatic amines is 1. The van der Waals surface area contributed by atoms with Crippen molar-refractivity contribution >= 4 is 23.5 Å². The number of hydrogen-bond acceptors (Lipinski definition) is 11. The molecule has 8 N–H and O–H groups in total. The summed E-state index contributed by atoms with van der Waals surface area (Å²) in [5.74, 6) is 4.87. The van der Waals surface area contributed by atoms with Crippen LogP contribution in [0.2, 0.25) is 0 Å². The lowest BCUT2D eigenvalue weighted by molar-refractivity contribution is -0.0468. The first-order valence-electron chi connectivity index (χ1n) is 8.16. The van der Waals surface area contributed by atoms with Gasteiger partial charge in [-0.25, -0.2) is 18.5 Å². The van der Waals surface area contributed by atoms with Crippen molar-refractivity contribution in [1.82, 2.24) is 9.55 Å². The molecule has 2 heterocycles. The van der Waals surface area contributed by atoms with E-state index in [-0.39, 0.29) is 0 Å². The highest BCUT2D eigenvalue weighted by molar-refractivity contribution is 7.66. The minimum Gasteiger partial charge on any atom is -0.387 e. The van der Waals surface area contributed by atoms with E-state index in [1.807, 2.05) is 4.98 Å². The number of hydrogen-bond donors (Lipinski definition) is 7. The van der Waals surface area contributed by atoms with Crippen LogP contribution in [0, 0.1) is 11.8 Å². The zero-order valence-corrected chi connectivity index (χ0v) is 18.6. The Kier molecular flexibility index (Phi) is 7.88. The van der Waals surface area contributed by atoms with E-state index in [2.05, 4.69) is 25.0 Å². The van der Waals surface area contributed by atoms with E-state index in [1.54, 1.807) is 0 Å². The van der Waals surface area contributed by atoms with Crippen molar-refractivity contribution in [2.75, 3.05) is 6.61 Å². The van der Waals surface area contributed by atoms with E-state index >= 15 is 0 Å². The Morgan fingerprint density at radius 1 is 1.22 bits per heavy atom. The Labute approximate surface area is 178 Å². The summed E-state index contributed by atoms with van der Waals surface area (Å²) in [6.07, 6.45) is -3.87. The van der Waals surface area contributed by atoms with E-state index in [0.717, 1.165) is 16.8 Å². The van der Waals surface area contributed by atoms with Crippen molar-refractivity contribution < 1.29 is 56.3 Å². The summed E-state index contributed by atoms with van der Waals surface area (Å²) < 4.78 is 51.6. The van der Waals surface area contributed by atoms with Gasteiger partial charge in [0, 0.05) is 12.3 Å². The number of aromatic nitrogens is 2. The molecule has 180 valence electrons. The molecule has 0 amide bonds. The summed E-state index contributed by atoms with van der Waals surface area (Å²) in [5, 5.41) is 10.5. The second-order valence-corrected chi connectivity index (χ2v) is 10.6. The number of aliphatic hydroxyl groups excluding tert-OH is 1. The monoisotopic (exact) mass is 521 g/mol. The molecule has 17 nitrogen and oxygen atoms in total. The van der Waals surface area contributed by atoms with Crippen molar-refractivity contribution in [3.8, 4) is 11.8 Å². The quantitative estimate of drug-likeness (QED) is 0.142. The molecular formula is C12H18N3O14P3. The summed E-state index contributed by atoms with van der Waals surface area (Å²) in [4.78, 5) is 61.0. The molecule has 0 saturated carbocycles. The van der Waals surface area contributed by atoms with E-state index in [4.69, 9.17) is 25.2 Å². The van der Waals surface area contributed by atoms with E-state index in [0.29, 0.717) is 0 Å². The normalized spacial score (nSPS) is 29.5. The Bertz CT molecular complexity index is 1180. The van der Waals surface area contributed by atoms with Gasteiger partial charge < -0.3 is 35.2 Å². The smallest absolute Gasteiger partial charge is 0.387 e. The highest BCUT2D eigenvalue weighted by Gasteiger charge is 2.55. The third-order valence-electron chi connectivity index (χ3n) is 3.82. The van der Waals surface area contributed by atoms with Gasteiger partial charge in [-0.15, -0.1) is 5.92 Å². The van der Waals surface area contributed by atoms with Crippen LogP contribution in [0.25, 0.3) is 0 Å². The fraction of sp³-hybridized carbons (Fsp3) is 0.500. The molecule has 0 spiro atoms. The minimum absolute atomic E-state index is 0.738. The minimum atomic E-state index is -5.75. The third kappa shape index (κ3) is 6.53. The number of nitrogens with two attached hydrogens (primary N) is 1. The van der Waals surface area contributed by atoms with Gasteiger partial charge in [-0.05, 0) is 6.92 Å². The second kappa shape index (κ2) is 9.41. The molecule has 0 aromatic carbocycles. The second-order valence-electron chi connectivity index (χ2n) is 6.18.